The number of rotatable bonds is 4. The molecule has 29 heavy (non-hydrogen) atoms. The van der Waals surface area contributed by atoms with Crippen molar-refractivity contribution in [2.75, 3.05) is 13.1 Å². The van der Waals surface area contributed by atoms with Crippen LogP contribution in [0, 0.1) is 13.8 Å². The van der Waals surface area contributed by atoms with Gasteiger partial charge in [0.15, 0.2) is 0 Å². The fourth-order valence-corrected chi connectivity index (χ4v) is 3.93. The number of benzene rings is 1. The molecule has 4 rings (SSSR count). The molecule has 3 aromatic rings. The van der Waals surface area contributed by atoms with Gasteiger partial charge in [-0.25, -0.2) is 9.48 Å². The lowest BCUT2D eigenvalue weighted by Crippen LogP contribution is -2.39. The van der Waals surface area contributed by atoms with Crippen LogP contribution >= 0.6 is 0 Å². The van der Waals surface area contributed by atoms with Gasteiger partial charge < -0.3 is 10.0 Å². The molecule has 0 saturated carbocycles. The number of carbonyl (C=O) groups is 2. The number of nitrogens with zero attached hydrogens (tertiary/aromatic N) is 5. The van der Waals surface area contributed by atoms with Crippen LogP contribution < -0.4 is 0 Å². The van der Waals surface area contributed by atoms with E-state index in [0.29, 0.717) is 24.3 Å². The van der Waals surface area contributed by atoms with Crippen molar-refractivity contribution in [2.24, 2.45) is 0 Å². The van der Waals surface area contributed by atoms with Crippen LogP contribution in [0.3, 0.4) is 0 Å². The Morgan fingerprint density at radius 2 is 1.62 bits per heavy atom. The summed E-state index contributed by atoms with van der Waals surface area (Å²) in [5.74, 6) is -0.987. The van der Waals surface area contributed by atoms with E-state index in [4.69, 9.17) is 0 Å². The molecule has 0 atom stereocenters. The summed E-state index contributed by atoms with van der Waals surface area (Å²) in [6.07, 6.45) is 4.50. The third-order valence-electron chi connectivity index (χ3n) is 5.61. The van der Waals surface area contributed by atoms with Gasteiger partial charge in [-0.15, -0.1) is 0 Å². The molecule has 1 aliphatic heterocycles. The summed E-state index contributed by atoms with van der Waals surface area (Å²) in [6.45, 7) is 4.87. The van der Waals surface area contributed by atoms with Crippen LogP contribution in [0.2, 0.25) is 0 Å². The molecule has 1 aliphatic rings. The fourth-order valence-electron chi connectivity index (χ4n) is 3.93. The summed E-state index contributed by atoms with van der Waals surface area (Å²) in [5.41, 5.74) is 3.23. The zero-order valence-corrected chi connectivity index (χ0v) is 16.4. The molecule has 1 N–H and O–H groups in total. The average Bonchev–Trinajstić information content (AvgIpc) is 3.31. The Balaban J connectivity index is 1.46. The molecule has 1 fully saturated rings. The van der Waals surface area contributed by atoms with Crippen LogP contribution in [-0.2, 0) is 0 Å². The zero-order valence-electron chi connectivity index (χ0n) is 16.4. The molecule has 0 spiro atoms. The van der Waals surface area contributed by atoms with E-state index in [0.717, 1.165) is 24.2 Å². The molecule has 0 unspecified atom stereocenters. The second kappa shape index (κ2) is 7.54. The lowest BCUT2D eigenvalue weighted by Gasteiger charge is -2.32. The monoisotopic (exact) mass is 393 g/mol. The first-order chi connectivity index (χ1) is 14.0. The molecular weight excluding hydrogens is 370 g/mol. The van der Waals surface area contributed by atoms with Crippen molar-refractivity contribution in [3.05, 3.63) is 65.2 Å². The predicted octanol–water partition coefficient (Wildman–Crippen LogP) is 2.86. The Morgan fingerprint density at radius 1 is 0.966 bits per heavy atom. The smallest absolute Gasteiger partial charge is 0.339 e. The lowest BCUT2D eigenvalue weighted by atomic mass is 10.0. The van der Waals surface area contributed by atoms with Crippen molar-refractivity contribution in [3.8, 4) is 5.69 Å². The summed E-state index contributed by atoms with van der Waals surface area (Å²) in [5, 5.41) is 17.9. The second-order valence-electron chi connectivity index (χ2n) is 7.31. The number of carboxylic acid groups (broad SMARTS) is 1. The van der Waals surface area contributed by atoms with Gasteiger partial charge in [0.25, 0.3) is 5.91 Å². The van der Waals surface area contributed by atoms with Gasteiger partial charge in [-0.3, -0.25) is 9.48 Å². The van der Waals surface area contributed by atoms with Gasteiger partial charge in [0, 0.05) is 13.1 Å². The lowest BCUT2D eigenvalue weighted by molar-refractivity contribution is 0.0687. The van der Waals surface area contributed by atoms with Crippen molar-refractivity contribution in [1.82, 2.24) is 24.5 Å². The summed E-state index contributed by atoms with van der Waals surface area (Å²) in [6, 6.07) is 9.83. The summed E-state index contributed by atoms with van der Waals surface area (Å²) >= 11 is 0. The van der Waals surface area contributed by atoms with Crippen LogP contribution in [0.1, 0.15) is 51.0 Å². The minimum Gasteiger partial charge on any atom is -0.478 e. The largest absolute Gasteiger partial charge is 0.478 e. The predicted molar refractivity (Wildman–Crippen MR) is 106 cm³/mol. The van der Waals surface area contributed by atoms with E-state index < -0.39 is 5.97 Å². The maximum absolute atomic E-state index is 13.0. The normalized spacial score (nSPS) is 14.9. The maximum Gasteiger partial charge on any atom is 0.339 e. The van der Waals surface area contributed by atoms with E-state index in [-0.39, 0.29) is 17.5 Å². The van der Waals surface area contributed by atoms with E-state index in [1.807, 2.05) is 42.2 Å². The molecular formula is C21H23N5O3. The number of carbonyl (C=O) groups excluding carboxylic acids is 1. The molecule has 1 amide bonds. The highest BCUT2D eigenvalue weighted by Gasteiger charge is 2.28. The van der Waals surface area contributed by atoms with Crippen LogP contribution in [0.25, 0.3) is 5.69 Å². The van der Waals surface area contributed by atoms with Crippen LogP contribution in [0.15, 0.2) is 42.7 Å². The Morgan fingerprint density at radius 3 is 2.24 bits per heavy atom. The molecule has 1 saturated heterocycles. The first-order valence-corrected chi connectivity index (χ1v) is 9.64. The fraction of sp³-hybridized carbons (Fsp3) is 0.333. The summed E-state index contributed by atoms with van der Waals surface area (Å²) in [4.78, 5) is 26.1. The van der Waals surface area contributed by atoms with Crippen molar-refractivity contribution < 1.29 is 14.7 Å². The van der Waals surface area contributed by atoms with Gasteiger partial charge in [0.2, 0.25) is 0 Å². The first-order valence-electron chi connectivity index (χ1n) is 9.64. The van der Waals surface area contributed by atoms with Crippen LogP contribution in [0.4, 0.5) is 0 Å². The highest BCUT2D eigenvalue weighted by Crippen LogP contribution is 2.26. The number of hydrogen-bond acceptors (Lipinski definition) is 4. The van der Waals surface area contributed by atoms with Gasteiger partial charge in [0.1, 0.15) is 5.56 Å². The van der Waals surface area contributed by atoms with Crippen LogP contribution in [0.5, 0.6) is 0 Å². The highest BCUT2D eigenvalue weighted by atomic mass is 16.4. The molecule has 3 heterocycles. The average molecular weight is 393 g/mol. The van der Waals surface area contributed by atoms with Gasteiger partial charge >= 0.3 is 5.97 Å². The number of aromatic nitrogens is 4. The van der Waals surface area contributed by atoms with Crippen molar-refractivity contribution in [1.29, 1.82) is 0 Å². The van der Waals surface area contributed by atoms with Crippen LogP contribution in [-0.4, -0.2) is 54.5 Å². The topological polar surface area (TPSA) is 93.2 Å². The molecule has 2 aromatic heterocycles. The second-order valence-corrected chi connectivity index (χ2v) is 7.31. The zero-order chi connectivity index (χ0) is 20.5. The minimum atomic E-state index is -0.965. The number of hydrogen-bond donors (Lipinski definition) is 1. The molecule has 0 bridgehead atoms. The number of likely N-dealkylation sites (tertiary alicyclic amines) is 1. The quantitative estimate of drug-likeness (QED) is 0.736. The maximum atomic E-state index is 13.0. The summed E-state index contributed by atoms with van der Waals surface area (Å²) in [7, 11) is 0. The van der Waals surface area contributed by atoms with Crippen molar-refractivity contribution in [2.45, 2.75) is 32.7 Å². The number of aromatic carboxylic acids is 1. The Hall–Kier alpha value is -3.42. The number of amides is 1. The van der Waals surface area contributed by atoms with E-state index >= 15 is 0 Å². The molecule has 8 nitrogen and oxygen atoms in total. The highest BCUT2D eigenvalue weighted by molar-refractivity contribution is 5.95. The van der Waals surface area contributed by atoms with Gasteiger partial charge in [0.05, 0.1) is 41.1 Å². The Labute approximate surface area is 168 Å². The molecule has 1 aromatic carbocycles. The third-order valence-corrected chi connectivity index (χ3v) is 5.61. The number of piperidine rings is 1. The number of para-hydroxylation sites is 1. The van der Waals surface area contributed by atoms with E-state index in [9.17, 15) is 14.7 Å². The van der Waals surface area contributed by atoms with Crippen molar-refractivity contribution in [3.63, 3.8) is 0 Å². The standard InChI is InChI=1S/C21H23N5O3/c1-14-18(12-22-25(14)16-6-4-3-5-7-16)20(27)24-10-8-17(9-11-24)26-15(2)19(13-23-26)21(28)29/h3-7,12-13,17H,8-11H2,1-2H3,(H,28,29). The Bertz CT molecular complexity index is 1050. The van der Waals surface area contributed by atoms with E-state index in [1.165, 1.54) is 6.20 Å². The van der Waals surface area contributed by atoms with Gasteiger partial charge in [-0.05, 0) is 38.8 Å². The summed E-state index contributed by atoms with van der Waals surface area (Å²) < 4.78 is 3.56. The first kappa shape index (κ1) is 18.9. The molecule has 0 radical (unpaired) electrons. The molecule has 0 aliphatic carbocycles. The van der Waals surface area contributed by atoms with Gasteiger partial charge in [-0.2, -0.15) is 10.2 Å². The third kappa shape index (κ3) is 3.41. The molecule has 8 heteroatoms. The van der Waals surface area contributed by atoms with E-state index in [1.54, 1.807) is 22.5 Å². The van der Waals surface area contributed by atoms with E-state index in [2.05, 4.69) is 10.2 Å². The number of carboxylic acids is 1. The van der Waals surface area contributed by atoms with Gasteiger partial charge in [-0.1, -0.05) is 18.2 Å². The minimum absolute atomic E-state index is 0.0217. The SMILES string of the molecule is Cc1c(C(=O)N2CCC(n3ncc(C(=O)O)c3C)CC2)cnn1-c1ccccc1. The van der Waals surface area contributed by atoms with Crippen molar-refractivity contribution >= 4 is 11.9 Å². The molecule has 150 valence electrons. The Kier molecular flexibility index (Phi) is 4.92.